The fourth-order valence-corrected chi connectivity index (χ4v) is 3.39. The second-order valence-corrected chi connectivity index (χ2v) is 6.89. The lowest BCUT2D eigenvalue weighted by atomic mass is 9.91. The van der Waals surface area contributed by atoms with Crippen molar-refractivity contribution in [3.8, 4) is 11.5 Å². The first-order valence-corrected chi connectivity index (χ1v) is 9.79. The summed E-state index contributed by atoms with van der Waals surface area (Å²) in [5.74, 6) is -0.242. The van der Waals surface area contributed by atoms with E-state index >= 15 is 0 Å². The Bertz CT molecular complexity index is 907. The molecule has 0 bridgehead atoms. The number of aliphatic carboxylic acids is 1. The first-order chi connectivity index (χ1) is 14.2. The van der Waals surface area contributed by atoms with Crippen LogP contribution in [0, 0.1) is 0 Å². The summed E-state index contributed by atoms with van der Waals surface area (Å²) >= 11 is 0. The quantitative estimate of drug-likeness (QED) is 0.488. The summed E-state index contributed by atoms with van der Waals surface area (Å²) in [7, 11) is 1.60. The van der Waals surface area contributed by atoms with Crippen LogP contribution in [-0.2, 0) is 17.6 Å². The van der Waals surface area contributed by atoms with Gasteiger partial charge in [0.2, 0.25) is 0 Å². The highest BCUT2D eigenvalue weighted by atomic mass is 16.5. The molecule has 3 aromatic rings. The second-order valence-electron chi connectivity index (χ2n) is 6.89. The molecule has 0 radical (unpaired) electrons. The number of carboxylic acid groups (broad SMARTS) is 1. The van der Waals surface area contributed by atoms with Crippen LogP contribution in [0.3, 0.4) is 0 Å². The van der Waals surface area contributed by atoms with Crippen molar-refractivity contribution in [3.63, 3.8) is 0 Å². The minimum atomic E-state index is -0.853. The zero-order valence-electron chi connectivity index (χ0n) is 16.6. The predicted octanol–water partition coefficient (Wildman–Crippen LogP) is 5.12. The number of methoxy groups -OCH3 is 1. The van der Waals surface area contributed by atoms with Gasteiger partial charge >= 0.3 is 5.97 Å². The number of rotatable bonds is 10. The fraction of sp³-hybridized carbons (Fsp3) is 0.240. The zero-order chi connectivity index (χ0) is 20.5. The number of benzene rings is 3. The molecule has 150 valence electrons. The van der Waals surface area contributed by atoms with Crippen molar-refractivity contribution in [1.29, 1.82) is 0 Å². The molecule has 0 heterocycles. The minimum absolute atomic E-state index is 0.338. The lowest BCUT2D eigenvalue weighted by molar-refractivity contribution is -0.138. The maximum Gasteiger partial charge on any atom is 0.311 e. The number of hydrogen-bond donors (Lipinski definition) is 1. The zero-order valence-corrected chi connectivity index (χ0v) is 16.6. The van der Waals surface area contributed by atoms with Crippen LogP contribution in [0.25, 0.3) is 0 Å². The van der Waals surface area contributed by atoms with E-state index in [1.54, 1.807) is 7.11 Å². The molecule has 1 atom stereocenters. The third-order valence-electron chi connectivity index (χ3n) is 4.90. The van der Waals surface area contributed by atoms with E-state index in [-0.39, 0.29) is 0 Å². The van der Waals surface area contributed by atoms with Crippen molar-refractivity contribution in [1.82, 2.24) is 0 Å². The van der Waals surface area contributed by atoms with E-state index in [0.717, 1.165) is 24.0 Å². The van der Waals surface area contributed by atoms with E-state index in [1.807, 2.05) is 66.7 Å². The van der Waals surface area contributed by atoms with Crippen molar-refractivity contribution >= 4 is 5.97 Å². The fourth-order valence-electron chi connectivity index (χ4n) is 3.39. The third kappa shape index (κ3) is 5.61. The highest BCUT2D eigenvalue weighted by Crippen LogP contribution is 2.34. The van der Waals surface area contributed by atoms with Gasteiger partial charge in [0.05, 0.1) is 19.6 Å². The van der Waals surface area contributed by atoms with E-state index in [2.05, 4.69) is 12.1 Å². The Morgan fingerprint density at radius 1 is 0.931 bits per heavy atom. The van der Waals surface area contributed by atoms with Gasteiger partial charge in [-0.2, -0.15) is 0 Å². The van der Waals surface area contributed by atoms with Gasteiger partial charge in [-0.25, -0.2) is 0 Å². The number of carbonyl (C=O) groups is 1. The van der Waals surface area contributed by atoms with E-state index in [9.17, 15) is 9.90 Å². The van der Waals surface area contributed by atoms with Crippen molar-refractivity contribution in [2.24, 2.45) is 0 Å². The summed E-state index contributed by atoms with van der Waals surface area (Å²) in [6.45, 7) is 0.533. The Morgan fingerprint density at radius 3 is 2.28 bits per heavy atom. The molecule has 0 aliphatic rings. The van der Waals surface area contributed by atoms with Gasteiger partial charge in [-0.3, -0.25) is 4.79 Å². The second kappa shape index (κ2) is 10.3. The summed E-state index contributed by atoms with van der Waals surface area (Å²) in [6.07, 6.45) is 2.13. The number of ether oxygens (including phenoxy) is 2. The van der Waals surface area contributed by atoms with Gasteiger partial charge in [0.15, 0.2) is 11.5 Å². The van der Waals surface area contributed by atoms with Crippen LogP contribution in [0.5, 0.6) is 11.5 Å². The topological polar surface area (TPSA) is 55.8 Å². The average Bonchev–Trinajstić information content (AvgIpc) is 2.76. The molecule has 3 aromatic carbocycles. The van der Waals surface area contributed by atoms with Crippen LogP contribution in [0.1, 0.15) is 29.0 Å². The van der Waals surface area contributed by atoms with Gasteiger partial charge in [0.1, 0.15) is 0 Å². The Kier molecular flexibility index (Phi) is 7.28. The van der Waals surface area contributed by atoms with Crippen LogP contribution in [0.2, 0.25) is 0 Å². The Morgan fingerprint density at radius 2 is 1.62 bits per heavy atom. The molecule has 3 rings (SSSR count). The molecular formula is C25H26O4. The van der Waals surface area contributed by atoms with Gasteiger partial charge in [-0.05, 0) is 42.0 Å². The number of hydrogen-bond acceptors (Lipinski definition) is 3. The maximum absolute atomic E-state index is 11.9. The van der Waals surface area contributed by atoms with Crippen LogP contribution in [-0.4, -0.2) is 24.8 Å². The van der Waals surface area contributed by atoms with E-state index in [1.165, 1.54) is 5.56 Å². The summed E-state index contributed by atoms with van der Waals surface area (Å²) in [6, 6.07) is 25.2. The minimum Gasteiger partial charge on any atom is -0.493 e. The smallest absolute Gasteiger partial charge is 0.311 e. The molecule has 0 saturated heterocycles. The molecule has 0 aliphatic heterocycles. The molecule has 0 saturated carbocycles. The Labute approximate surface area is 171 Å². The molecule has 29 heavy (non-hydrogen) atoms. The predicted molar refractivity (Wildman–Crippen MR) is 114 cm³/mol. The number of para-hydroxylation sites is 1. The number of carboxylic acids is 1. The van der Waals surface area contributed by atoms with E-state index < -0.39 is 11.9 Å². The summed E-state index contributed by atoms with van der Waals surface area (Å²) in [5.41, 5.74) is 2.88. The van der Waals surface area contributed by atoms with Crippen LogP contribution in [0.4, 0.5) is 0 Å². The molecule has 0 fully saturated rings. The lowest BCUT2D eigenvalue weighted by Crippen LogP contribution is -2.15. The first-order valence-electron chi connectivity index (χ1n) is 9.79. The molecule has 0 aliphatic carbocycles. The maximum atomic E-state index is 11.9. The third-order valence-corrected chi connectivity index (χ3v) is 4.90. The van der Waals surface area contributed by atoms with Gasteiger partial charge in [-0.1, -0.05) is 72.8 Å². The first kappa shape index (κ1) is 20.5. The largest absolute Gasteiger partial charge is 0.493 e. The van der Waals surface area contributed by atoms with Crippen LogP contribution < -0.4 is 9.47 Å². The Balaban J connectivity index is 1.73. The van der Waals surface area contributed by atoms with Gasteiger partial charge in [-0.15, -0.1) is 0 Å². The molecule has 1 N–H and O–H groups in total. The normalized spacial score (nSPS) is 11.6. The standard InChI is InChI=1S/C25H26O4/c1-28-23-16-8-15-21(18-22(25(26)27)20-13-6-3-7-14-20)24(23)29-17-9-12-19-10-4-2-5-11-19/h2-8,10-11,13-16,22H,9,12,17-18H2,1H3,(H,26,27). The summed E-state index contributed by atoms with van der Waals surface area (Å²) in [4.78, 5) is 11.9. The van der Waals surface area contributed by atoms with Gasteiger partial charge < -0.3 is 14.6 Å². The Hall–Kier alpha value is -3.27. The molecule has 1 unspecified atom stereocenters. The van der Waals surface area contributed by atoms with Crippen molar-refractivity contribution in [2.45, 2.75) is 25.2 Å². The average molecular weight is 390 g/mol. The van der Waals surface area contributed by atoms with Crippen LogP contribution >= 0.6 is 0 Å². The summed E-state index contributed by atoms with van der Waals surface area (Å²) in [5, 5.41) is 9.77. The number of aryl methyl sites for hydroxylation is 1. The van der Waals surface area contributed by atoms with Crippen molar-refractivity contribution in [2.75, 3.05) is 13.7 Å². The highest BCUT2D eigenvalue weighted by molar-refractivity contribution is 5.76. The molecule has 4 nitrogen and oxygen atoms in total. The molecule has 0 spiro atoms. The van der Waals surface area contributed by atoms with Crippen molar-refractivity contribution < 1.29 is 19.4 Å². The van der Waals surface area contributed by atoms with Gasteiger partial charge in [0.25, 0.3) is 0 Å². The van der Waals surface area contributed by atoms with Crippen LogP contribution in [0.15, 0.2) is 78.9 Å². The molecule has 0 amide bonds. The molecular weight excluding hydrogens is 364 g/mol. The van der Waals surface area contributed by atoms with E-state index in [4.69, 9.17) is 9.47 Å². The summed E-state index contributed by atoms with van der Waals surface area (Å²) < 4.78 is 11.6. The van der Waals surface area contributed by atoms with Gasteiger partial charge in [0, 0.05) is 0 Å². The lowest BCUT2D eigenvalue weighted by Gasteiger charge is -2.18. The highest BCUT2D eigenvalue weighted by Gasteiger charge is 2.23. The molecule has 0 aromatic heterocycles. The van der Waals surface area contributed by atoms with Crippen molar-refractivity contribution in [3.05, 3.63) is 95.6 Å². The molecule has 4 heteroatoms. The monoisotopic (exact) mass is 390 g/mol. The van der Waals surface area contributed by atoms with E-state index in [0.29, 0.717) is 24.5 Å². The SMILES string of the molecule is COc1cccc(CC(C(=O)O)c2ccccc2)c1OCCCc1ccccc1.